The van der Waals surface area contributed by atoms with Crippen LogP contribution in [0.3, 0.4) is 0 Å². The minimum atomic E-state index is -0.421. The second-order valence-corrected chi connectivity index (χ2v) is 4.51. The lowest BCUT2D eigenvalue weighted by molar-refractivity contribution is 0.0521. The maximum absolute atomic E-state index is 11.7. The quantitative estimate of drug-likeness (QED) is 0.831. The van der Waals surface area contributed by atoms with E-state index in [4.69, 9.17) is 10.5 Å². The second kappa shape index (κ2) is 5.18. The molecule has 0 unspecified atom stereocenters. The van der Waals surface area contributed by atoms with E-state index in [1.165, 1.54) is 11.1 Å². The Morgan fingerprint density at radius 2 is 2.05 bits per heavy atom. The van der Waals surface area contributed by atoms with Gasteiger partial charge in [0.25, 0.3) is 0 Å². The van der Waals surface area contributed by atoms with Crippen molar-refractivity contribution < 1.29 is 9.53 Å². The molecule has 0 aliphatic carbocycles. The number of hydrogen-bond acceptors (Lipinski definition) is 3. The summed E-state index contributed by atoms with van der Waals surface area (Å²) in [6.07, 6.45) is 1.74. The number of hydrogen-bond donors (Lipinski definition) is 2. The highest BCUT2D eigenvalue weighted by molar-refractivity contribution is 5.98. The van der Waals surface area contributed by atoms with E-state index in [1.54, 1.807) is 13.1 Å². The van der Waals surface area contributed by atoms with Crippen molar-refractivity contribution in [2.24, 2.45) is 0 Å². The lowest BCUT2D eigenvalue weighted by Crippen LogP contribution is -2.07. The molecule has 0 aliphatic rings. The average Bonchev–Trinajstić information content (AvgIpc) is 2.75. The minimum Gasteiger partial charge on any atom is -0.461 e. The van der Waals surface area contributed by atoms with Gasteiger partial charge in [0.2, 0.25) is 0 Å². The smallest absolute Gasteiger partial charge is 0.356 e. The zero-order valence-corrected chi connectivity index (χ0v) is 11.4. The third-order valence-electron chi connectivity index (χ3n) is 3.22. The number of anilines is 1. The van der Waals surface area contributed by atoms with Gasteiger partial charge in [-0.3, -0.25) is 0 Å². The topological polar surface area (TPSA) is 68.1 Å². The van der Waals surface area contributed by atoms with Crippen LogP contribution in [0.25, 0.3) is 11.1 Å². The average molecular weight is 258 g/mol. The minimum absolute atomic E-state index is 0.315. The Kier molecular flexibility index (Phi) is 3.60. The molecule has 0 bridgehead atoms. The highest BCUT2D eigenvalue weighted by Crippen LogP contribution is 2.30. The van der Waals surface area contributed by atoms with Crippen LogP contribution in [0.5, 0.6) is 0 Å². The number of H-pyrrole nitrogens is 1. The number of ether oxygens (including phenoxy) is 1. The van der Waals surface area contributed by atoms with E-state index in [2.05, 4.69) is 18.0 Å². The number of esters is 1. The third-order valence-corrected chi connectivity index (χ3v) is 3.22. The lowest BCUT2D eigenvalue weighted by Gasteiger charge is -2.05. The van der Waals surface area contributed by atoms with Crippen LogP contribution in [0.4, 0.5) is 5.69 Å². The number of aryl methyl sites for hydroxylation is 2. The molecule has 0 saturated carbocycles. The molecule has 1 aromatic carbocycles. The van der Waals surface area contributed by atoms with Crippen molar-refractivity contribution in [1.82, 2.24) is 4.98 Å². The van der Waals surface area contributed by atoms with E-state index >= 15 is 0 Å². The Balaban J connectivity index is 2.41. The lowest BCUT2D eigenvalue weighted by atomic mass is 10.0. The SMILES string of the molecule is CCOC(=O)c1[nH]cc(-c2ccc(C)c(C)c2)c1N. The number of aromatic nitrogens is 1. The maximum Gasteiger partial charge on any atom is 0.356 e. The van der Waals surface area contributed by atoms with E-state index in [0.29, 0.717) is 18.0 Å². The first kappa shape index (κ1) is 13.2. The molecule has 0 saturated heterocycles. The first-order valence-corrected chi connectivity index (χ1v) is 6.26. The summed E-state index contributed by atoms with van der Waals surface area (Å²) in [5, 5.41) is 0. The van der Waals surface area contributed by atoms with Crippen molar-refractivity contribution in [3.63, 3.8) is 0 Å². The Hall–Kier alpha value is -2.23. The summed E-state index contributed by atoms with van der Waals surface area (Å²) in [6, 6.07) is 6.10. The van der Waals surface area contributed by atoms with Gasteiger partial charge in [-0.15, -0.1) is 0 Å². The summed E-state index contributed by atoms with van der Waals surface area (Å²) >= 11 is 0. The molecule has 1 heterocycles. The van der Waals surface area contributed by atoms with E-state index < -0.39 is 5.97 Å². The summed E-state index contributed by atoms with van der Waals surface area (Å²) in [6.45, 7) is 6.20. The van der Waals surface area contributed by atoms with Gasteiger partial charge in [0, 0.05) is 11.8 Å². The van der Waals surface area contributed by atoms with Crippen molar-refractivity contribution in [3.05, 3.63) is 41.2 Å². The number of nitrogens with one attached hydrogen (secondary N) is 1. The Labute approximate surface area is 112 Å². The molecule has 1 aromatic heterocycles. The summed E-state index contributed by atoms with van der Waals surface area (Å²) < 4.78 is 4.95. The standard InChI is InChI=1S/C15H18N2O2/c1-4-19-15(18)14-13(16)12(8-17-14)11-6-5-9(2)10(3)7-11/h5-8,17H,4,16H2,1-3H3. The number of carbonyl (C=O) groups excluding carboxylic acids is 1. The van der Waals surface area contributed by atoms with Gasteiger partial charge < -0.3 is 15.5 Å². The van der Waals surface area contributed by atoms with Crippen molar-refractivity contribution in [1.29, 1.82) is 0 Å². The van der Waals surface area contributed by atoms with Crippen molar-refractivity contribution >= 4 is 11.7 Å². The summed E-state index contributed by atoms with van der Waals surface area (Å²) in [7, 11) is 0. The Morgan fingerprint density at radius 1 is 1.32 bits per heavy atom. The molecule has 2 aromatic rings. The van der Waals surface area contributed by atoms with Gasteiger partial charge in [-0.2, -0.15) is 0 Å². The predicted molar refractivity (Wildman–Crippen MR) is 76.1 cm³/mol. The van der Waals surface area contributed by atoms with Crippen molar-refractivity contribution in [3.8, 4) is 11.1 Å². The van der Waals surface area contributed by atoms with Crippen LogP contribution in [0.15, 0.2) is 24.4 Å². The number of nitrogen functional groups attached to an aromatic ring is 1. The highest BCUT2D eigenvalue weighted by atomic mass is 16.5. The second-order valence-electron chi connectivity index (χ2n) is 4.51. The fourth-order valence-corrected chi connectivity index (χ4v) is 1.95. The molecule has 19 heavy (non-hydrogen) atoms. The monoisotopic (exact) mass is 258 g/mol. The van der Waals surface area contributed by atoms with Crippen LogP contribution in [-0.4, -0.2) is 17.6 Å². The van der Waals surface area contributed by atoms with E-state index in [-0.39, 0.29) is 0 Å². The van der Waals surface area contributed by atoms with Gasteiger partial charge in [0.15, 0.2) is 0 Å². The fraction of sp³-hybridized carbons (Fsp3) is 0.267. The summed E-state index contributed by atoms with van der Waals surface area (Å²) in [4.78, 5) is 14.6. The van der Waals surface area contributed by atoms with Gasteiger partial charge >= 0.3 is 5.97 Å². The first-order valence-electron chi connectivity index (χ1n) is 6.26. The summed E-state index contributed by atoms with van der Waals surface area (Å²) in [5.74, 6) is -0.421. The number of rotatable bonds is 3. The van der Waals surface area contributed by atoms with Gasteiger partial charge in [-0.25, -0.2) is 4.79 Å². The molecular formula is C15H18N2O2. The number of benzene rings is 1. The van der Waals surface area contributed by atoms with E-state index in [1.807, 2.05) is 19.1 Å². The van der Waals surface area contributed by atoms with E-state index in [0.717, 1.165) is 11.1 Å². The molecule has 0 fully saturated rings. The van der Waals surface area contributed by atoms with E-state index in [9.17, 15) is 4.79 Å². The van der Waals surface area contributed by atoms with Gasteiger partial charge in [-0.1, -0.05) is 18.2 Å². The van der Waals surface area contributed by atoms with Crippen molar-refractivity contribution in [2.75, 3.05) is 12.3 Å². The zero-order chi connectivity index (χ0) is 14.0. The predicted octanol–water partition coefficient (Wildman–Crippen LogP) is 3.06. The van der Waals surface area contributed by atoms with Gasteiger partial charge in [-0.05, 0) is 37.5 Å². The molecule has 4 nitrogen and oxygen atoms in total. The normalized spacial score (nSPS) is 10.5. The number of aromatic amines is 1. The molecule has 100 valence electrons. The van der Waals surface area contributed by atoms with Crippen LogP contribution in [-0.2, 0) is 4.74 Å². The van der Waals surface area contributed by atoms with Crippen LogP contribution in [0, 0.1) is 13.8 Å². The molecule has 0 spiro atoms. The molecule has 4 heteroatoms. The molecular weight excluding hydrogens is 240 g/mol. The third kappa shape index (κ3) is 2.47. The van der Waals surface area contributed by atoms with Crippen LogP contribution in [0.2, 0.25) is 0 Å². The number of carbonyl (C=O) groups is 1. The Bertz CT molecular complexity index is 615. The Morgan fingerprint density at radius 3 is 2.68 bits per heavy atom. The molecule has 3 N–H and O–H groups in total. The number of nitrogens with two attached hydrogens (primary N) is 1. The molecule has 2 rings (SSSR count). The maximum atomic E-state index is 11.7. The summed E-state index contributed by atoms with van der Waals surface area (Å²) in [5.41, 5.74) is 11.0. The fourth-order valence-electron chi connectivity index (χ4n) is 1.95. The molecule has 0 atom stereocenters. The van der Waals surface area contributed by atoms with Crippen LogP contribution >= 0.6 is 0 Å². The molecule has 0 radical (unpaired) electrons. The highest BCUT2D eigenvalue weighted by Gasteiger charge is 2.17. The van der Waals surface area contributed by atoms with Crippen LogP contribution < -0.4 is 5.73 Å². The van der Waals surface area contributed by atoms with Gasteiger partial charge in [0.05, 0.1) is 12.3 Å². The van der Waals surface area contributed by atoms with Crippen molar-refractivity contribution in [2.45, 2.75) is 20.8 Å². The van der Waals surface area contributed by atoms with Gasteiger partial charge in [0.1, 0.15) is 5.69 Å². The molecule has 0 amide bonds. The zero-order valence-electron chi connectivity index (χ0n) is 11.4. The van der Waals surface area contributed by atoms with Crippen LogP contribution in [0.1, 0.15) is 28.5 Å². The molecule has 0 aliphatic heterocycles. The largest absolute Gasteiger partial charge is 0.461 e. The first-order chi connectivity index (χ1) is 9.04.